The van der Waals surface area contributed by atoms with E-state index in [0.29, 0.717) is 45.4 Å². The van der Waals surface area contributed by atoms with Gasteiger partial charge in [0.25, 0.3) is 0 Å². The maximum absolute atomic E-state index is 12.9. The van der Waals surface area contributed by atoms with Crippen LogP contribution in [-0.4, -0.2) is 54.2 Å². The van der Waals surface area contributed by atoms with Crippen LogP contribution in [0.5, 0.6) is 0 Å². The predicted octanol–water partition coefficient (Wildman–Crippen LogP) is 4.23. The van der Waals surface area contributed by atoms with Gasteiger partial charge in [-0.3, -0.25) is 9.59 Å². The van der Waals surface area contributed by atoms with Crippen molar-refractivity contribution in [2.75, 3.05) is 26.3 Å². The van der Waals surface area contributed by atoms with Crippen molar-refractivity contribution in [2.24, 2.45) is 5.41 Å². The summed E-state index contributed by atoms with van der Waals surface area (Å²) in [5.41, 5.74) is 1.76. The summed E-state index contributed by atoms with van der Waals surface area (Å²) < 4.78 is 11.4. The summed E-state index contributed by atoms with van der Waals surface area (Å²) in [4.78, 5) is 31.0. The molecular formula is C25H34N2O4. The molecule has 0 bridgehead atoms. The summed E-state index contributed by atoms with van der Waals surface area (Å²) >= 11 is 0. The minimum atomic E-state index is -0.522. The Morgan fingerprint density at radius 3 is 2.77 bits per heavy atom. The zero-order chi connectivity index (χ0) is 21.7. The Morgan fingerprint density at radius 1 is 1.23 bits per heavy atom. The molecule has 1 N–H and O–H groups in total. The lowest BCUT2D eigenvalue weighted by Gasteiger charge is -2.42. The third-order valence-electron chi connectivity index (χ3n) is 6.96. The van der Waals surface area contributed by atoms with Gasteiger partial charge in [-0.25, -0.2) is 0 Å². The van der Waals surface area contributed by atoms with Crippen LogP contribution >= 0.6 is 0 Å². The number of H-pyrrole nitrogens is 1. The standard InChI is InChI=1S/C25H34N2O4/c1-2-30-24(29)25(17-20-7-5-6-16-31-20)12-14-27(15-13-25)23(28)11-10-19-18-26-22-9-4-3-8-21(19)22/h3-4,8-9,18,20,26H,2,5-7,10-17H2,1H3/t20-/m0/s1. The second-order valence-electron chi connectivity index (χ2n) is 8.93. The zero-order valence-electron chi connectivity index (χ0n) is 18.5. The van der Waals surface area contributed by atoms with Gasteiger partial charge < -0.3 is 19.4 Å². The molecule has 2 saturated heterocycles. The second-order valence-corrected chi connectivity index (χ2v) is 8.93. The van der Waals surface area contributed by atoms with Crippen molar-refractivity contribution in [1.82, 2.24) is 9.88 Å². The van der Waals surface area contributed by atoms with Gasteiger partial charge in [0, 0.05) is 43.2 Å². The summed E-state index contributed by atoms with van der Waals surface area (Å²) in [5.74, 6) is 0.0479. The predicted molar refractivity (Wildman–Crippen MR) is 120 cm³/mol. The quantitative estimate of drug-likeness (QED) is 0.673. The number of rotatable bonds is 7. The second kappa shape index (κ2) is 9.86. The summed E-state index contributed by atoms with van der Waals surface area (Å²) in [5, 5.41) is 1.18. The number of hydrogen-bond acceptors (Lipinski definition) is 4. The zero-order valence-corrected chi connectivity index (χ0v) is 18.5. The van der Waals surface area contributed by atoms with Gasteiger partial charge in [-0.15, -0.1) is 0 Å². The summed E-state index contributed by atoms with van der Waals surface area (Å²) in [7, 11) is 0. The number of carbonyl (C=O) groups is 2. The highest BCUT2D eigenvalue weighted by atomic mass is 16.5. The monoisotopic (exact) mass is 426 g/mol. The van der Waals surface area contributed by atoms with E-state index < -0.39 is 5.41 Å². The van der Waals surface area contributed by atoms with Gasteiger partial charge in [-0.1, -0.05) is 18.2 Å². The minimum absolute atomic E-state index is 0.116. The lowest BCUT2D eigenvalue weighted by Crippen LogP contribution is -2.49. The van der Waals surface area contributed by atoms with Gasteiger partial charge in [0.2, 0.25) is 5.91 Å². The number of aromatic nitrogens is 1. The van der Waals surface area contributed by atoms with Gasteiger partial charge >= 0.3 is 5.97 Å². The Morgan fingerprint density at radius 2 is 2.03 bits per heavy atom. The number of aromatic amines is 1. The van der Waals surface area contributed by atoms with E-state index in [0.717, 1.165) is 37.8 Å². The first-order valence-electron chi connectivity index (χ1n) is 11.7. The summed E-state index contributed by atoms with van der Waals surface area (Å²) in [6.07, 6.45) is 8.63. The molecule has 2 aliphatic rings. The number of piperidine rings is 1. The lowest BCUT2D eigenvalue weighted by atomic mass is 9.73. The smallest absolute Gasteiger partial charge is 0.312 e. The van der Waals surface area contributed by atoms with Crippen molar-refractivity contribution in [3.8, 4) is 0 Å². The van der Waals surface area contributed by atoms with Gasteiger partial charge in [0.1, 0.15) is 0 Å². The fraction of sp³-hybridized carbons (Fsp3) is 0.600. The number of ether oxygens (including phenoxy) is 2. The number of likely N-dealkylation sites (tertiary alicyclic amines) is 1. The molecule has 0 aliphatic carbocycles. The third-order valence-corrected chi connectivity index (χ3v) is 6.96. The molecule has 1 aromatic carbocycles. The van der Waals surface area contributed by atoms with Gasteiger partial charge in [0.15, 0.2) is 0 Å². The summed E-state index contributed by atoms with van der Waals surface area (Å²) in [6.45, 7) is 4.24. The molecule has 2 fully saturated rings. The molecule has 0 unspecified atom stereocenters. The van der Waals surface area contributed by atoms with Crippen LogP contribution < -0.4 is 0 Å². The first-order valence-corrected chi connectivity index (χ1v) is 11.7. The Balaban J connectivity index is 1.35. The molecular weight excluding hydrogens is 392 g/mol. The van der Waals surface area contributed by atoms with E-state index in [-0.39, 0.29) is 18.0 Å². The number of nitrogens with one attached hydrogen (secondary N) is 1. The van der Waals surface area contributed by atoms with E-state index in [1.807, 2.05) is 30.2 Å². The Hall–Kier alpha value is -2.34. The number of aryl methyl sites for hydroxylation is 1. The van der Waals surface area contributed by atoms with Crippen LogP contribution in [0.2, 0.25) is 0 Å². The highest BCUT2D eigenvalue weighted by Crippen LogP contribution is 2.40. The maximum Gasteiger partial charge on any atom is 0.312 e. The number of nitrogens with zero attached hydrogens (tertiary/aromatic N) is 1. The van der Waals surface area contributed by atoms with E-state index in [4.69, 9.17) is 9.47 Å². The molecule has 1 atom stereocenters. The molecule has 1 aromatic heterocycles. The molecule has 6 heteroatoms. The average Bonchev–Trinajstić information content (AvgIpc) is 3.22. The highest BCUT2D eigenvalue weighted by Gasteiger charge is 2.45. The first kappa shape index (κ1) is 21.9. The van der Waals surface area contributed by atoms with Crippen molar-refractivity contribution < 1.29 is 19.1 Å². The van der Waals surface area contributed by atoms with Gasteiger partial charge in [-0.2, -0.15) is 0 Å². The molecule has 3 heterocycles. The van der Waals surface area contributed by atoms with Crippen LogP contribution in [0.3, 0.4) is 0 Å². The van der Waals surface area contributed by atoms with Crippen molar-refractivity contribution in [3.05, 3.63) is 36.0 Å². The SMILES string of the molecule is CCOC(=O)C1(C[C@@H]2CCCCO2)CCN(C(=O)CCc2c[nH]c3ccccc23)CC1. The van der Waals surface area contributed by atoms with Crippen LogP contribution in [0.15, 0.2) is 30.5 Å². The summed E-state index contributed by atoms with van der Waals surface area (Å²) in [6, 6.07) is 8.18. The number of carbonyl (C=O) groups excluding carboxylic acids is 2. The Kier molecular flexibility index (Phi) is 6.96. The number of hydrogen-bond donors (Lipinski definition) is 1. The molecule has 31 heavy (non-hydrogen) atoms. The van der Waals surface area contributed by atoms with Gasteiger partial charge in [-0.05, 0) is 63.5 Å². The number of para-hydroxylation sites is 1. The number of benzene rings is 1. The molecule has 168 valence electrons. The van der Waals surface area contributed by atoms with E-state index >= 15 is 0 Å². The Bertz CT molecular complexity index is 892. The minimum Gasteiger partial charge on any atom is -0.466 e. The fourth-order valence-corrected chi connectivity index (χ4v) is 5.10. The third kappa shape index (κ3) is 4.95. The van der Waals surface area contributed by atoms with E-state index in [1.54, 1.807) is 0 Å². The average molecular weight is 427 g/mol. The van der Waals surface area contributed by atoms with Crippen LogP contribution in [-0.2, 0) is 25.5 Å². The fourth-order valence-electron chi connectivity index (χ4n) is 5.10. The molecule has 6 nitrogen and oxygen atoms in total. The van der Waals surface area contributed by atoms with Crippen LogP contribution in [0.4, 0.5) is 0 Å². The largest absolute Gasteiger partial charge is 0.466 e. The molecule has 4 rings (SSSR count). The number of esters is 1. The van der Waals surface area contributed by atoms with E-state index in [9.17, 15) is 9.59 Å². The lowest BCUT2D eigenvalue weighted by molar-refractivity contribution is -0.164. The molecule has 1 amide bonds. The van der Waals surface area contributed by atoms with Crippen LogP contribution in [0.25, 0.3) is 10.9 Å². The van der Waals surface area contributed by atoms with Crippen molar-refractivity contribution >= 4 is 22.8 Å². The topological polar surface area (TPSA) is 71.6 Å². The van der Waals surface area contributed by atoms with E-state index in [2.05, 4.69) is 17.1 Å². The molecule has 0 radical (unpaired) electrons. The first-order chi connectivity index (χ1) is 15.1. The molecule has 2 aromatic rings. The number of amides is 1. The number of fused-ring (bicyclic) bond motifs is 1. The maximum atomic E-state index is 12.9. The molecule has 0 spiro atoms. The molecule has 2 aliphatic heterocycles. The van der Waals surface area contributed by atoms with Crippen molar-refractivity contribution in [1.29, 1.82) is 0 Å². The normalized spacial score (nSPS) is 21.2. The van der Waals surface area contributed by atoms with E-state index in [1.165, 1.54) is 10.9 Å². The molecule has 0 saturated carbocycles. The van der Waals surface area contributed by atoms with Gasteiger partial charge in [0.05, 0.1) is 18.1 Å². The van der Waals surface area contributed by atoms with Crippen LogP contribution in [0, 0.1) is 5.41 Å². The van der Waals surface area contributed by atoms with Crippen LogP contribution in [0.1, 0.15) is 57.4 Å². The van der Waals surface area contributed by atoms with Crippen molar-refractivity contribution in [3.63, 3.8) is 0 Å². The highest BCUT2D eigenvalue weighted by molar-refractivity contribution is 5.84. The van der Waals surface area contributed by atoms with Crippen molar-refractivity contribution in [2.45, 2.75) is 64.4 Å². The Labute approximate surface area is 184 Å².